The molecule has 0 unspecified atom stereocenters. The summed E-state index contributed by atoms with van der Waals surface area (Å²) in [6.45, 7) is 5.25. The molecule has 1 aromatic heterocycles. The molecule has 2 aromatic rings. The summed E-state index contributed by atoms with van der Waals surface area (Å²) in [7, 11) is 1.65. The molecule has 1 aliphatic heterocycles. The quantitative estimate of drug-likeness (QED) is 0.814. The molecule has 0 spiro atoms. The number of aromatic nitrogens is 2. The van der Waals surface area contributed by atoms with Gasteiger partial charge < -0.3 is 14.5 Å². The number of hydrogen-bond donors (Lipinski definition) is 0. The molecule has 1 amide bonds. The van der Waals surface area contributed by atoms with Crippen molar-refractivity contribution in [2.24, 2.45) is 0 Å². The predicted molar refractivity (Wildman–Crippen MR) is 99.9 cm³/mol. The molecule has 2 heterocycles. The summed E-state index contributed by atoms with van der Waals surface area (Å²) in [5, 5.41) is 4.22. The Labute approximate surface area is 152 Å². The van der Waals surface area contributed by atoms with Gasteiger partial charge in [-0.05, 0) is 36.8 Å². The van der Waals surface area contributed by atoms with E-state index in [1.165, 1.54) is 16.8 Å². The standard InChI is InChI=1S/C19H24N4O3/c1-3-10-23-18(24)9-8-17(20-23)19(25)22-13-11-21(12-14-22)15-4-6-16(26-2)7-5-15/h4-9H,3,10-14H2,1-2H3. The van der Waals surface area contributed by atoms with Crippen LogP contribution in [0.3, 0.4) is 0 Å². The summed E-state index contributed by atoms with van der Waals surface area (Å²) in [6.07, 6.45) is 0.797. The fourth-order valence-electron chi connectivity index (χ4n) is 3.06. The maximum atomic E-state index is 12.7. The summed E-state index contributed by atoms with van der Waals surface area (Å²) in [5.74, 6) is 0.708. The number of carbonyl (C=O) groups is 1. The van der Waals surface area contributed by atoms with Crippen molar-refractivity contribution in [1.82, 2.24) is 14.7 Å². The first-order valence-corrected chi connectivity index (χ1v) is 8.89. The molecule has 26 heavy (non-hydrogen) atoms. The molecule has 0 radical (unpaired) electrons. The Morgan fingerprint density at radius 2 is 1.77 bits per heavy atom. The first-order chi connectivity index (χ1) is 12.6. The molecule has 3 rings (SSSR count). The van der Waals surface area contributed by atoms with E-state index in [1.807, 2.05) is 31.2 Å². The Hall–Kier alpha value is -2.83. The Morgan fingerprint density at radius 1 is 1.08 bits per heavy atom. The molecular weight excluding hydrogens is 332 g/mol. The lowest BCUT2D eigenvalue weighted by Crippen LogP contribution is -2.49. The van der Waals surface area contributed by atoms with Crippen LogP contribution in [0.4, 0.5) is 5.69 Å². The molecule has 0 saturated carbocycles. The number of benzene rings is 1. The Bertz CT molecular complexity index is 808. The first-order valence-electron chi connectivity index (χ1n) is 8.89. The van der Waals surface area contributed by atoms with Crippen LogP contribution in [0.15, 0.2) is 41.2 Å². The second-order valence-corrected chi connectivity index (χ2v) is 6.26. The average molecular weight is 356 g/mol. The molecule has 1 saturated heterocycles. The third-order valence-corrected chi connectivity index (χ3v) is 4.53. The van der Waals surface area contributed by atoms with Gasteiger partial charge in [-0.1, -0.05) is 6.92 Å². The Kier molecular flexibility index (Phi) is 5.55. The highest BCUT2D eigenvalue weighted by Gasteiger charge is 2.23. The number of ether oxygens (including phenoxy) is 1. The highest BCUT2D eigenvalue weighted by Crippen LogP contribution is 2.20. The zero-order valence-electron chi connectivity index (χ0n) is 15.2. The van der Waals surface area contributed by atoms with Crippen LogP contribution in [-0.2, 0) is 6.54 Å². The molecular formula is C19H24N4O3. The minimum absolute atomic E-state index is 0.121. The van der Waals surface area contributed by atoms with Crippen molar-refractivity contribution >= 4 is 11.6 Å². The van der Waals surface area contributed by atoms with Gasteiger partial charge in [0, 0.05) is 44.5 Å². The van der Waals surface area contributed by atoms with Gasteiger partial charge in [-0.25, -0.2) is 4.68 Å². The molecule has 0 bridgehead atoms. The highest BCUT2D eigenvalue weighted by atomic mass is 16.5. The molecule has 0 atom stereocenters. The Balaban J connectivity index is 1.64. The average Bonchev–Trinajstić information content (AvgIpc) is 2.69. The number of nitrogens with zero attached hydrogens (tertiary/aromatic N) is 4. The molecule has 0 N–H and O–H groups in total. The van der Waals surface area contributed by atoms with Gasteiger partial charge >= 0.3 is 0 Å². The van der Waals surface area contributed by atoms with Gasteiger partial charge in [0.05, 0.1) is 7.11 Å². The molecule has 1 aliphatic rings. The summed E-state index contributed by atoms with van der Waals surface area (Å²) >= 11 is 0. The predicted octanol–water partition coefficient (Wildman–Crippen LogP) is 1.62. The number of rotatable bonds is 5. The monoisotopic (exact) mass is 356 g/mol. The summed E-state index contributed by atoms with van der Waals surface area (Å²) in [6, 6.07) is 10.9. The van der Waals surface area contributed by atoms with Crippen molar-refractivity contribution in [2.45, 2.75) is 19.9 Å². The van der Waals surface area contributed by atoms with Crippen LogP contribution in [0.2, 0.25) is 0 Å². The van der Waals surface area contributed by atoms with Crippen molar-refractivity contribution in [2.75, 3.05) is 38.2 Å². The van der Waals surface area contributed by atoms with Crippen LogP contribution < -0.4 is 15.2 Å². The van der Waals surface area contributed by atoms with Gasteiger partial charge in [0.1, 0.15) is 11.4 Å². The van der Waals surface area contributed by atoms with Crippen molar-refractivity contribution in [3.05, 3.63) is 52.4 Å². The third kappa shape index (κ3) is 3.87. The topological polar surface area (TPSA) is 67.7 Å². The fraction of sp³-hybridized carbons (Fsp3) is 0.421. The smallest absolute Gasteiger partial charge is 0.274 e. The minimum Gasteiger partial charge on any atom is -0.497 e. The van der Waals surface area contributed by atoms with Crippen LogP contribution in [0.1, 0.15) is 23.8 Å². The van der Waals surface area contributed by atoms with E-state index >= 15 is 0 Å². The van der Waals surface area contributed by atoms with Gasteiger partial charge in [-0.15, -0.1) is 0 Å². The van der Waals surface area contributed by atoms with Crippen molar-refractivity contribution in [3.63, 3.8) is 0 Å². The number of aryl methyl sites for hydroxylation is 1. The number of methoxy groups -OCH3 is 1. The summed E-state index contributed by atoms with van der Waals surface area (Å²) in [5.41, 5.74) is 1.27. The van der Waals surface area contributed by atoms with Crippen molar-refractivity contribution in [3.8, 4) is 5.75 Å². The van der Waals surface area contributed by atoms with Gasteiger partial charge in [0.2, 0.25) is 0 Å². The zero-order valence-corrected chi connectivity index (χ0v) is 15.2. The SMILES string of the molecule is CCCn1nc(C(=O)N2CCN(c3ccc(OC)cc3)CC2)ccc1=O. The number of carbonyl (C=O) groups excluding carboxylic acids is 1. The van der Waals surface area contributed by atoms with Crippen LogP contribution in [0.25, 0.3) is 0 Å². The maximum Gasteiger partial charge on any atom is 0.274 e. The van der Waals surface area contributed by atoms with E-state index in [-0.39, 0.29) is 11.5 Å². The van der Waals surface area contributed by atoms with Gasteiger partial charge in [0.25, 0.3) is 11.5 Å². The molecule has 7 heteroatoms. The zero-order chi connectivity index (χ0) is 18.5. The lowest BCUT2D eigenvalue weighted by atomic mass is 10.2. The van der Waals surface area contributed by atoms with E-state index in [4.69, 9.17) is 4.74 Å². The number of piperazine rings is 1. The molecule has 7 nitrogen and oxygen atoms in total. The second kappa shape index (κ2) is 8.03. The molecule has 138 valence electrons. The van der Waals surface area contributed by atoms with Crippen molar-refractivity contribution < 1.29 is 9.53 Å². The number of amides is 1. The van der Waals surface area contributed by atoms with Crippen LogP contribution in [0, 0.1) is 0 Å². The van der Waals surface area contributed by atoms with E-state index in [9.17, 15) is 9.59 Å². The normalized spacial score (nSPS) is 14.4. The second-order valence-electron chi connectivity index (χ2n) is 6.26. The maximum absolute atomic E-state index is 12.7. The lowest BCUT2D eigenvalue weighted by Gasteiger charge is -2.36. The van der Waals surface area contributed by atoms with Gasteiger partial charge in [-0.2, -0.15) is 5.10 Å². The van der Waals surface area contributed by atoms with Gasteiger partial charge in [0.15, 0.2) is 0 Å². The fourth-order valence-corrected chi connectivity index (χ4v) is 3.06. The lowest BCUT2D eigenvalue weighted by molar-refractivity contribution is 0.0738. The summed E-state index contributed by atoms with van der Waals surface area (Å²) in [4.78, 5) is 28.5. The van der Waals surface area contributed by atoms with E-state index in [1.54, 1.807) is 12.0 Å². The van der Waals surface area contributed by atoms with E-state index in [2.05, 4.69) is 10.00 Å². The van der Waals surface area contributed by atoms with Crippen LogP contribution >= 0.6 is 0 Å². The Morgan fingerprint density at radius 3 is 2.38 bits per heavy atom. The highest BCUT2D eigenvalue weighted by molar-refractivity contribution is 5.92. The van der Waals surface area contributed by atoms with E-state index in [0.717, 1.165) is 30.9 Å². The van der Waals surface area contributed by atoms with Crippen LogP contribution in [-0.4, -0.2) is 53.9 Å². The van der Waals surface area contributed by atoms with Crippen molar-refractivity contribution in [1.29, 1.82) is 0 Å². The van der Waals surface area contributed by atoms with Gasteiger partial charge in [-0.3, -0.25) is 9.59 Å². The first kappa shape index (κ1) is 18.0. The van der Waals surface area contributed by atoms with E-state index < -0.39 is 0 Å². The van der Waals surface area contributed by atoms with Crippen LogP contribution in [0.5, 0.6) is 5.75 Å². The molecule has 1 aromatic carbocycles. The largest absolute Gasteiger partial charge is 0.497 e. The third-order valence-electron chi connectivity index (χ3n) is 4.53. The number of anilines is 1. The minimum atomic E-state index is -0.173. The summed E-state index contributed by atoms with van der Waals surface area (Å²) < 4.78 is 6.55. The number of hydrogen-bond acceptors (Lipinski definition) is 5. The molecule has 0 aliphatic carbocycles. The van der Waals surface area contributed by atoms with E-state index in [0.29, 0.717) is 25.3 Å². The molecule has 1 fully saturated rings.